The molecular weight excluding hydrogens is 267 g/mol. The molecule has 1 N–H and O–H groups in total. The van der Waals surface area contributed by atoms with Crippen molar-refractivity contribution in [3.8, 4) is 0 Å². The molecule has 20 heavy (non-hydrogen) atoms. The van der Waals surface area contributed by atoms with Crippen molar-refractivity contribution in [2.75, 3.05) is 19.6 Å². The van der Waals surface area contributed by atoms with Crippen LogP contribution >= 0.6 is 0 Å². The SMILES string of the molecule is CC/C=N\NC1(C)CCN(CC2(C(F)(F)F)CC2)CC1. The van der Waals surface area contributed by atoms with Gasteiger partial charge in [-0.1, -0.05) is 6.92 Å². The molecule has 1 saturated carbocycles. The zero-order valence-electron chi connectivity index (χ0n) is 12.3. The number of hydrogen-bond donors (Lipinski definition) is 1. The van der Waals surface area contributed by atoms with Crippen molar-refractivity contribution in [2.24, 2.45) is 10.5 Å². The average Bonchev–Trinajstić information content (AvgIpc) is 3.13. The van der Waals surface area contributed by atoms with E-state index in [9.17, 15) is 13.2 Å². The van der Waals surface area contributed by atoms with Crippen LogP contribution in [0.5, 0.6) is 0 Å². The third-order valence-corrected chi connectivity index (χ3v) is 4.55. The van der Waals surface area contributed by atoms with Crippen LogP contribution in [-0.4, -0.2) is 42.5 Å². The van der Waals surface area contributed by atoms with Crippen molar-refractivity contribution in [3.63, 3.8) is 0 Å². The molecule has 1 saturated heterocycles. The summed E-state index contributed by atoms with van der Waals surface area (Å²) < 4.78 is 38.9. The lowest BCUT2D eigenvalue weighted by atomic mass is 9.89. The number of alkyl halides is 3. The van der Waals surface area contributed by atoms with E-state index >= 15 is 0 Å². The van der Waals surface area contributed by atoms with E-state index < -0.39 is 11.6 Å². The monoisotopic (exact) mass is 291 g/mol. The van der Waals surface area contributed by atoms with E-state index in [4.69, 9.17) is 0 Å². The molecular formula is C14H24F3N3. The van der Waals surface area contributed by atoms with Crippen LogP contribution in [0.3, 0.4) is 0 Å². The lowest BCUT2D eigenvalue weighted by Gasteiger charge is -2.40. The van der Waals surface area contributed by atoms with Crippen LogP contribution in [0.2, 0.25) is 0 Å². The summed E-state index contributed by atoms with van der Waals surface area (Å²) in [6.45, 7) is 5.70. The third kappa shape index (κ3) is 3.45. The first-order valence-corrected chi connectivity index (χ1v) is 7.38. The smallest absolute Gasteiger partial charge is 0.304 e. The minimum atomic E-state index is -4.04. The third-order valence-electron chi connectivity index (χ3n) is 4.55. The lowest BCUT2D eigenvalue weighted by Crippen LogP contribution is -2.51. The van der Waals surface area contributed by atoms with Crippen molar-refractivity contribution >= 4 is 6.21 Å². The molecule has 2 fully saturated rings. The standard InChI is InChI=1S/C14H24F3N3/c1-3-8-18-19-12(2)6-9-20(10-7-12)11-13(4-5-13)14(15,16)17/h8,19H,3-7,9-11H2,1-2H3/b18-8-. The number of piperidine rings is 1. The van der Waals surface area contributed by atoms with E-state index in [2.05, 4.69) is 17.5 Å². The van der Waals surface area contributed by atoms with Gasteiger partial charge in [-0.25, -0.2) is 0 Å². The molecule has 1 aliphatic carbocycles. The van der Waals surface area contributed by atoms with Gasteiger partial charge in [-0.15, -0.1) is 0 Å². The first-order chi connectivity index (χ1) is 9.30. The molecule has 0 aromatic carbocycles. The number of likely N-dealkylation sites (tertiary alicyclic amines) is 1. The molecule has 6 heteroatoms. The molecule has 116 valence electrons. The highest BCUT2D eigenvalue weighted by Crippen LogP contribution is 2.58. The Morgan fingerprint density at radius 3 is 2.25 bits per heavy atom. The van der Waals surface area contributed by atoms with Gasteiger partial charge < -0.3 is 10.3 Å². The summed E-state index contributed by atoms with van der Waals surface area (Å²) >= 11 is 0. The fourth-order valence-corrected chi connectivity index (χ4v) is 2.72. The van der Waals surface area contributed by atoms with Gasteiger partial charge >= 0.3 is 6.18 Å². The molecule has 0 aromatic rings. The summed E-state index contributed by atoms with van der Waals surface area (Å²) in [6, 6.07) is 0. The van der Waals surface area contributed by atoms with Crippen LogP contribution in [0.1, 0.15) is 46.0 Å². The van der Waals surface area contributed by atoms with E-state index in [1.54, 1.807) is 0 Å². The maximum atomic E-state index is 13.0. The van der Waals surface area contributed by atoms with Gasteiger partial charge in [0.05, 0.1) is 11.0 Å². The Balaban J connectivity index is 1.81. The minimum absolute atomic E-state index is 0.0862. The molecule has 3 nitrogen and oxygen atoms in total. The molecule has 2 aliphatic rings. The van der Waals surface area contributed by atoms with Gasteiger partial charge in [0.15, 0.2) is 0 Å². The molecule has 0 radical (unpaired) electrons. The van der Waals surface area contributed by atoms with Gasteiger partial charge in [0.25, 0.3) is 0 Å². The number of halogens is 3. The first-order valence-electron chi connectivity index (χ1n) is 7.38. The number of nitrogens with one attached hydrogen (secondary N) is 1. The highest BCUT2D eigenvalue weighted by atomic mass is 19.4. The van der Waals surface area contributed by atoms with Crippen molar-refractivity contribution < 1.29 is 13.2 Å². The summed E-state index contributed by atoms with van der Waals surface area (Å²) in [7, 11) is 0. The summed E-state index contributed by atoms with van der Waals surface area (Å²) in [5, 5.41) is 4.16. The van der Waals surface area contributed by atoms with E-state index in [1.807, 2.05) is 18.0 Å². The van der Waals surface area contributed by atoms with Gasteiger partial charge in [-0.3, -0.25) is 0 Å². The summed E-state index contributed by atoms with van der Waals surface area (Å²) in [6.07, 6.45) is 0.914. The summed E-state index contributed by atoms with van der Waals surface area (Å²) in [5.74, 6) is 0. The van der Waals surface area contributed by atoms with Crippen molar-refractivity contribution in [1.82, 2.24) is 10.3 Å². The molecule has 0 spiro atoms. The lowest BCUT2D eigenvalue weighted by molar-refractivity contribution is -0.192. The number of hydrogen-bond acceptors (Lipinski definition) is 3. The number of rotatable bonds is 5. The topological polar surface area (TPSA) is 27.6 Å². The fourth-order valence-electron chi connectivity index (χ4n) is 2.72. The predicted octanol–water partition coefficient (Wildman–Crippen LogP) is 3.17. The molecule has 0 aromatic heterocycles. The van der Waals surface area contributed by atoms with Gasteiger partial charge in [-0.2, -0.15) is 18.3 Å². The number of nitrogens with zero attached hydrogens (tertiary/aromatic N) is 2. The predicted molar refractivity (Wildman–Crippen MR) is 73.7 cm³/mol. The Labute approximate surface area is 118 Å². The van der Waals surface area contributed by atoms with Crippen LogP contribution in [0.15, 0.2) is 5.10 Å². The Morgan fingerprint density at radius 2 is 1.80 bits per heavy atom. The summed E-state index contributed by atoms with van der Waals surface area (Å²) in [5.41, 5.74) is 1.65. The average molecular weight is 291 g/mol. The second-order valence-corrected chi connectivity index (χ2v) is 6.45. The molecule has 0 atom stereocenters. The van der Waals surface area contributed by atoms with Gasteiger partial charge in [0.2, 0.25) is 0 Å². The first kappa shape index (κ1) is 15.6. The zero-order valence-corrected chi connectivity index (χ0v) is 12.3. The normalized spacial score (nSPS) is 25.9. The Bertz CT molecular complexity index is 353. The number of hydrazone groups is 1. The highest BCUT2D eigenvalue weighted by molar-refractivity contribution is 5.56. The molecule has 0 amide bonds. The molecule has 2 rings (SSSR count). The zero-order chi connectivity index (χ0) is 14.9. The van der Waals surface area contributed by atoms with Crippen LogP contribution in [0.4, 0.5) is 13.2 Å². The maximum Gasteiger partial charge on any atom is 0.395 e. The largest absolute Gasteiger partial charge is 0.395 e. The second-order valence-electron chi connectivity index (χ2n) is 6.45. The van der Waals surface area contributed by atoms with E-state index in [-0.39, 0.29) is 12.1 Å². The Kier molecular flexibility index (Phi) is 4.33. The highest BCUT2D eigenvalue weighted by Gasteiger charge is 2.63. The molecule has 1 heterocycles. The Hall–Kier alpha value is -0.780. The minimum Gasteiger partial charge on any atom is -0.304 e. The van der Waals surface area contributed by atoms with Gasteiger partial charge in [-0.05, 0) is 39.0 Å². The van der Waals surface area contributed by atoms with Gasteiger partial charge in [0, 0.05) is 25.8 Å². The molecule has 1 aliphatic heterocycles. The quantitative estimate of drug-likeness (QED) is 0.622. The van der Waals surface area contributed by atoms with Crippen LogP contribution in [0, 0.1) is 5.41 Å². The fraction of sp³-hybridized carbons (Fsp3) is 0.929. The van der Waals surface area contributed by atoms with E-state index in [0.717, 1.165) is 19.3 Å². The van der Waals surface area contributed by atoms with Crippen molar-refractivity contribution in [1.29, 1.82) is 0 Å². The van der Waals surface area contributed by atoms with E-state index in [1.165, 1.54) is 0 Å². The van der Waals surface area contributed by atoms with Crippen LogP contribution in [-0.2, 0) is 0 Å². The van der Waals surface area contributed by atoms with Crippen LogP contribution in [0.25, 0.3) is 0 Å². The second kappa shape index (κ2) is 5.54. The van der Waals surface area contributed by atoms with Gasteiger partial charge in [0.1, 0.15) is 0 Å². The molecule has 0 bridgehead atoms. The maximum absolute atomic E-state index is 13.0. The van der Waals surface area contributed by atoms with E-state index in [0.29, 0.717) is 25.9 Å². The van der Waals surface area contributed by atoms with Crippen molar-refractivity contribution in [2.45, 2.75) is 57.7 Å². The molecule has 0 unspecified atom stereocenters. The van der Waals surface area contributed by atoms with Crippen molar-refractivity contribution in [3.05, 3.63) is 0 Å². The van der Waals surface area contributed by atoms with Crippen LogP contribution < -0.4 is 5.43 Å². The Morgan fingerprint density at radius 1 is 1.20 bits per heavy atom. The summed E-state index contributed by atoms with van der Waals surface area (Å²) in [4.78, 5) is 1.97.